The monoisotopic (exact) mass is 426 g/mol. The quantitative estimate of drug-likeness (QED) is 0.423. The van der Waals surface area contributed by atoms with Crippen LogP contribution in [0.3, 0.4) is 0 Å². The summed E-state index contributed by atoms with van der Waals surface area (Å²) >= 11 is 0. The number of methoxy groups -OCH3 is 1. The lowest BCUT2D eigenvalue weighted by molar-refractivity contribution is 0.185. The van der Waals surface area contributed by atoms with Gasteiger partial charge in [0.2, 0.25) is 0 Å². The average Bonchev–Trinajstić information content (AvgIpc) is 2.51. The number of benzene rings is 1. The molecule has 0 spiro atoms. The summed E-state index contributed by atoms with van der Waals surface area (Å²) in [6.45, 7) is 3.22. The van der Waals surface area contributed by atoms with Gasteiger partial charge in [-0.2, -0.15) is 0 Å². The normalized spacial score (nSPS) is 11.0. The second-order valence-corrected chi connectivity index (χ2v) is 5.03. The molecule has 1 aromatic heterocycles. The number of pyridine rings is 1. The number of aryl methyl sites for hydroxylation is 1. The van der Waals surface area contributed by atoms with Crippen molar-refractivity contribution >= 4 is 35.6 Å². The number of nitrogens with one attached hydrogen (secondary N) is 1. The number of nitrogens with two attached hydrogens (primary N) is 1. The fourth-order valence-corrected chi connectivity index (χ4v) is 2.18. The lowest BCUT2D eigenvalue weighted by atomic mass is 10.1. The molecule has 0 saturated carbocycles. The van der Waals surface area contributed by atoms with Gasteiger partial charge in [0.05, 0.1) is 6.61 Å². The molecule has 0 saturated heterocycles. The topological polar surface area (TPSA) is 72.5 Å². The van der Waals surface area contributed by atoms with E-state index in [-0.39, 0.29) is 24.0 Å². The first-order valence-corrected chi connectivity index (χ1v) is 7.24. The van der Waals surface area contributed by atoms with Crippen molar-refractivity contribution in [1.29, 1.82) is 0 Å². The van der Waals surface area contributed by atoms with Crippen LogP contribution in [0.2, 0.25) is 0 Å². The van der Waals surface area contributed by atoms with Gasteiger partial charge in [0, 0.05) is 37.3 Å². The first kappa shape index (κ1) is 19.4. The van der Waals surface area contributed by atoms with Gasteiger partial charge in [0.1, 0.15) is 0 Å². The van der Waals surface area contributed by atoms with Crippen molar-refractivity contribution in [3.05, 3.63) is 59.4 Å². The van der Waals surface area contributed by atoms with E-state index < -0.39 is 0 Å². The number of anilines is 1. The third-order valence-corrected chi connectivity index (χ3v) is 3.38. The Morgan fingerprint density at radius 2 is 2.04 bits per heavy atom. The van der Waals surface area contributed by atoms with Crippen LogP contribution in [0.1, 0.15) is 16.7 Å². The number of hydrogen-bond donors (Lipinski definition) is 2. The number of nitrogens with zero attached hydrogens (tertiary/aromatic N) is 2. The summed E-state index contributed by atoms with van der Waals surface area (Å²) in [5, 5.41) is 3.13. The molecule has 2 aromatic rings. The maximum absolute atomic E-state index is 5.96. The minimum atomic E-state index is 0. The zero-order valence-corrected chi connectivity index (χ0v) is 15.8. The number of hydrogen-bond acceptors (Lipinski definition) is 3. The van der Waals surface area contributed by atoms with Crippen molar-refractivity contribution in [3.63, 3.8) is 0 Å². The van der Waals surface area contributed by atoms with Crippen molar-refractivity contribution in [2.24, 2.45) is 10.7 Å². The molecule has 2 rings (SSSR count). The van der Waals surface area contributed by atoms with Crippen LogP contribution < -0.4 is 11.1 Å². The van der Waals surface area contributed by atoms with E-state index in [9.17, 15) is 0 Å². The Kier molecular flexibility index (Phi) is 8.57. The lowest BCUT2D eigenvalue weighted by Gasteiger charge is -2.11. The Morgan fingerprint density at radius 1 is 1.26 bits per heavy atom. The molecule has 0 amide bonds. The highest BCUT2D eigenvalue weighted by Crippen LogP contribution is 2.15. The summed E-state index contributed by atoms with van der Waals surface area (Å²) in [6.07, 6.45) is 4.51. The fraction of sp³-hybridized carbons (Fsp3) is 0.294. The van der Waals surface area contributed by atoms with Gasteiger partial charge in [-0.25, -0.2) is 0 Å². The van der Waals surface area contributed by atoms with Crippen molar-refractivity contribution in [2.45, 2.75) is 20.0 Å². The first-order chi connectivity index (χ1) is 10.7. The Labute approximate surface area is 154 Å². The SMILES string of the molecule is COCc1ccccc1NC(N)=NCCc1ccncc1C.I. The number of aliphatic imine (C=N–C) groups is 1. The number of aromatic nitrogens is 1. The highest BCUT2D eigenvalue weighted by Gasteiger charge is 2.02. The molecular weight excluding hydrogens is 403 g/mol. The fourth-order valence-electron chi connectivity index (χ4n) is 2.18. The van der Waals surface area contributed by atoms with Gasteiger partial charge in [-0.1, -0.05) is 18.2 Å². The van der Waals surface area contributed by atoms with Gasteiger partial charge in [0.15, 0.2) is 5.96 Å². The molecule has 0 unspecified atom stereocenters. The molecule has 0 radical (unpaired) electrons. The van der Waals surface area contributed by atoms with E-state index in [0.717, 1.165) is 17.7 Å². The van der Waals surface area contributed by atoms with Crippen LogP contribution in [-0.4, -0.2) is 24.6 Å². The van der Waals surface area contributed by atoms with Crippen molar-refractivity contribution in [1.82, 2.24) is 4.98 Å². The molecule has 0 atom stereocenters. The molecule has 0 bridgehead atoms. The zero-order chi connectivity index (χ0) is 15.8. The van der Waals surface area contributed by atoms with Gasteiger partial charge < -0.3 is 15.8 Å². The molecule has 0 aliphatic rings. The van der Waals surface area contributed by atoms with Gasteiger partial charge in [-0.05, 0) is 36.6 Å². The van der Waals surface area contributed by atoms with Crippen LogP contribution in [0.5, 0.6) is 0 Å². The molecule has 1 heterocycles. The standard InChI is InChI=1S/C17H22N4O.HI/c1-13-11-19-9-7-14(13)8-10-20-17(18)21-16-6-4-3-5-15(16)12-22-2;/h3-7,9,11H,8,10,12H2,1-2H3,(H3,18,20,21);1H. The summed E-state index contributed by atoms with van der Waals surface area (Å²) in [6, 6.07) is 9.90. The third kappa shape index (κ3) is 6.15. The number of rotatable bonds is 6. The van der Waals surface area contributed by atoms with Crippen LogP contribution >= 0.6 is 24.0 Å². The molecule has 1 aromatic carbocycles. The van der Waals surface area contributed by atoms with Gasteiger partial charge in [-0.15, -0.1) is 24.0 Å². The molecular formula is C17H23IN4O. The Bertz CT molecular complexity index is 646. The molecule has 5 nitrogen and oxygen atoms in total. The molecule has 0 aliphatic heterocycles. The summed E-state index contributed by atoms with van der Waals surface area (Å²) in [5.41, 5.74) is 10.3. The summed E-state index contributed by atoms with van der Waals surface area (Å²) in [5.74, 6) is 0.412. The number of guanidine groups is 1. The molecule has 0 fully saturated rings. The van der Waals surface area contributed by atoms with E-state index in [1.165, 1.54) is 11.1 Å². The van der Waals surface area contributed by atoms with Crippen LogP contribution in [0.25, 0.3) is 0 Å². The van der Waals surface area contributed by atoms with E-state index in [4.69, 9.17) is 10.5 Å². The maximum atomic E-state index is 5.96. The van der Waals surface area contributed by atoms with E-state index >= 15 is 0 Å². The van der Waals surface area contributed by atoms with E-state index in [2.05, 4.69) is 22.2 Å². The average molecular weight is 426 g/mol. The molecule has 3 N–H and O–H groups in total. The second kappa shape index (κ2) is 10.2. The second-order valence-electron chi connectivity index (χ2n) is 5.03. The maximum Gasteiger partial charge on any atom is 0.193 e. The highest BCUT2D eigenvalue weighted by atomic mass is 127. The van der Waals surface area contributed by atoms with Crippen molar-refractivity contribution < 1.29 is 4.74 Å². The van der Waals surface area contributed by atoms with Crippen LogP contribution in [0, 0.1) is 6.92 Å². The van der Waals surface area contributed by atoms with Crippen LogP contribution in [0.15, 0.2) is 47.7 Å². The Morgan fingerprint density at radius 3 is 2.78 bits per heavy atom. The van der Waals surface area contributed by atoms with Gasteiger partial charge in [-0.3, -0.25) is 9.98 Å². The largest absolute Gasteiger partial charge is 0.380 e. The summed E-state index contributed by atoms with van der Waals surface area (Å²) in [4.78, 5) is 8.47. The van der Waals surface area contributed by atoms with Crippen LogP contribution in [0.4, 0.5) is 5.69 Å². The minimum absolute atomic E-state index is 0. The highest BCUT2D eigenvalue weighted by molar-refractivity contribution is 14.0. The third-order valence-electron chi connectivity index (χ3n) is 3.38. The lowest BCUT2D eigenvalue weighted by Crippen LogP contribution is -2.23. The van der Waals surface area contributed by atoms with Gasteiger partial charge >= 0.3 is 0 Å². The Hall–Kier alpha value is -1.67. The van der Waals surface area contributed by atoms with E-state index in [1.807, 2.05) is 36.5 Å². The van der Waals surface area contributed by atoms with E-state index in [0.29, 0.717) is 19.1 Å². The number of ether oxygens (including phenoxy) is 1. The smallest absolute Gasteiger partial charge is 0.193 e. The Balaban J connectivity index is 0.00000264. The molecule has 0 aliphatic carbocycles. The van der Waals surface area contributed by atoms with E-state index in [1.54, 1.807) is 13.3 Å². The predicted molar refractivity (Wildman–Crippen MR) is 105 cm³/mol. The number of halogens is 1. The van der Waals surface area contributed by atoms with Gasteiger partial charge in [0.25, 0.3) is 0 Å². The first-order valence-electron chi connectivity index (χ1n) is 7.24. The summed E-state index contributed by atoms with van der Waals surface area (Å²) in [7, 11) is 1.67. The van der Waals surface area contributed by atoms with Crippen molar-refractivity contribution in [2.75, 3.05) is 19.0 Å². The van der Waals surface area contributed by atoms with Crippen LogP contribution in [-0.2, 0) is 17.8 Å². The van der Waals surface area contributed by atoms with Crippen molar-refractivity contribution in [3.8, 4) is 0 Å². The molecule has 6 heteroatoms. The predicted octanol–water partition coefficient (Wildman–Crippen LogP) is 3.12. The zero-order valence-electron chi connectivity index (χ0n) is 13.5. The summed E-state index contributed by atoms with van der Waals surface area (Å²) < 4.78 is 5.18. The number of para-hydroxylation sites is 1. The minimum Gasteiger partial charge on any atom is -0.380 e. The molecule has 23 heavy (non-hydrogen) atoms. The molecule has 124 valence electrons.